The van der Waals surface area contributed by atoms with Gasteiger partial charge in [0.1, 0.15) is 23.0 Å². The van der Waals surface area contributed by atoms with Crippen molar-refractivity contribution in [3.63, 3.8) is 0 Å². The van der Waals surface area contributed by atoms with E-state index in [1.165, 1.54) is 23.6 Å². The number of benzene rings is 3. The zero-order valence-corrected chi connectivity index (χ0v) is 21.9. The van der Waals surface area contributed by atoms with Gasteiger partial charge >= 0.3 is 5.69 Å². The molecule has 0 bridgehead atoms. The third-order valence-corrected chi connectivity index (χ3v) is 5.64. The smallest absolute Gasteiger partial charge is 0.339 e. The van der Waals surface area contributed by atoms with Crippen molar-refractivity contribution in [3.8, 4) is 22.9 Å². The summed E-state index contributed by atoms with van der Waals surface area (Å²) < 4.78 is 8.93. The van der Waals surface area contributed by atoms with Gasteiger partial charge in [-0.05, 0) is 73.8 Å². The first kappa shape index (κ1) is 27.1. The van der Waals surface area contributed by atoms with E-state index in [4.69, 9.17) is 10.1 Å². The predicted octanol–water partition coefficient (Wildman–Crippen LogP) is 7.21. The summed E-state index contributed by atoms with van der Waals surface area (Å²) in [4.78, 5) is 13.6. The Morgan fingerprint density at radius 3 is 1.95 bits per heavy atom. The van der Waals surface area contributed by atoms with Crippen LogP contribution in [0.1, 0.15) is 39.3 Å². The van der Waals surface area contributed by atoms with Gasteiger partial charge < -0.3 is 20.8 Å². The summed E-state index contributed by atoms with van der Waals surface area (Å²) in [6.45, 7) is 9.76. The highest BCUT2D eigenvalue weighted by Crippen LogP contribution is 2.26. The fraction of sp³-hybridized carbons (Fsp3) is 0.200. The molecule has 4 rings (SSSR count). The molecule has 3 aromatic carbocycles. The van der Waals surface area contributed by atoms with Crippen molar-refractivity contribution in [2.45, 2.75) is 33.6 Å². The third-order valence-electron chi connectivity index (χ3n) is 5.64. The summed E-state index contributed by atoms with van der Waals surface area (Å²) in [5, 5.41) is 14.5. The minimum absolute atomic E-state index is 0.242. The van der Waals surface area contributed by atoms with Crippen LogP contribution in [0, 0.1) is 5.41 Å². The number of nitrogens with one attached hydrogen (secondary N) is 3. The van der Waals surface area contributed by atoms with Gasteiger partial charge in [0.25, 0.3) is 0 Å². The molecule has 37 heavy (non-hydrogen) atoms. The summed E-state index contributed by atoms with van der Waals surface area (Å²) >= 11 is 0. The first-order chi connectivity index (χ1) is 17.9. The van der Waals surface area contributed by atoms with Gasteiger partial charge in [0.2, 0.25) is 0 Å². The van der Waals surface area contributed by atoms with Crippen LogP contribution in [0.25, 0.3) is 11.4 Å². The summed E-state index contributed by atoms with van der Waals surface area (Å²) in [5.41, 5.74) is 2.63. The number of para-hydroxylation sites is 1. The Morgan fingerprint density at radius 1 is 0.892 bits per heavy atom. The molecule has 3 N–H and O–H groups in total. The van der Waals surface area contributed by atoms with Gasteiger partial charge in [-0.15, -0.1) is 0 Å². The molecule has 0 unspecified atom stereocenters. The predicted molar refractivity (Wildman–Crippen MR) is 154 cm³/mol. The Balaban J connectivity index is 0.000000886. The van der Waals surface area contributed by atoms with E-state index in [1.54, 1.807) is 35.8 Å². The van der Waals surface area contributed by atoms with E-state index >= 15 is 0 Å². The highest BCUT2D eigenvalue weighted by atomic mass is 16.5. The molecule has 0 atom stereocenters. The maximum Gasteiger partial charge on any atom is 0.339 e. The number of unbranched alkanes of at least 4 members (excludes halogenated alkanes) is 1. The van der Waals surface area contributed by atoms with E-state index in [9.17, 15) is 4.79 Å². The van der Waals surface area contributed by atoms with E-state index in [1.807, 2.05) is 61.6 Å². The highest BCUT2D eigenvalue weighted by molar-refractivity contribution is 6.00. The number of hydrogen-bond donors (Lipinski definition) is 3. The summed E-state index contributed by atoms with van der Waals surface area (Å²) in [7, 11) is 1.84. The summed E-state index contributed by atoms with van der Waals surface area (Å²) in [6, 6.07) is 24.2. The number of aromatic nitrogens is 2. The van der Waals surface area contributed by atoms with Crippen molar-refractivity contribution in [1.82, 2.24) is 9.13 Å². The molecule has 4 aromatic rings. The zero-order chi connectivity index (χ0) is 26.8. The molecular formula is C30H35N5O2. The van der Waals surface area contributed by atoms with E-state index in [0.29, 0.717) is 28.6 Å². The summed E-state index contributed by atoms with van der Waals surface area (Å²) in [6.07, 6.45) is 4.14. The van der Waals surface area contributed by atoms with E-state index in [0.717, 1.165) is 11.4 Å². The normalized spacial score (nSPS) is 10.2. The second-order valence-electron chi connectivity index (χ2n) is 8.33. The van der Waals surface area contributed by atoms with Crippen molar-refractivity contribution in [2.24, 2.45) is 0 Å². The van der Waals surface area contributed by atoms with Crippen LogP contribution in [0.5, 0.6) is 11.5 Å². The van der Waals surface area contributed by atoms with Gasteiger partial charge in [-0.1, -0.05) is 51.5 Å². The first-order valence-electron chi connectivity index (χ1n) is 12.4. The molecule has 0 amide bonds. The number of hydrogen-bond acceptors (Lipinski definition) is 5. The van der Waals surface area contributed by atoms with Crippen LogP contribution in [0.4, 0.5) is 11.5 Å². The molecule has 0 saturated carbocycles. The Hall–Kier alpha value is -4.52. The number of nitrogens with zero attached hydrogens (tertiary/aromatic N) is 2. The molecular weight excluding hydrogens is 462 g/mol. The van der Waals surface area contributed by atoms with Crippen LogP contribution in [-0.2, 0) is 0 Å². The number of imidazole rings is 1. The molecule has 1 heterocycles. The fourth-order valence-corrected chi connectivity index (χ4v) is 3.62. The SMILES string of the molecule is C=CNc1c(C(C)=N)n(-c2ccc(Oc3ccccc3)cc2)c(=O)n1-c1ccc(NC)cc1.CCCC. The van der Waals surface area contributed by atoms with Crippen molar-refractivity contribution < 1.29 is 4.74 Å². The van der Waals surface area contributed by atoms with Crippen LogP contribution in [0.3, 0.4) is 0 Å². The average molecular weight is 498 g/mol. The lowest BCUT2D eigenvalue weighted by molar-refractivity contribution is 0.482. The molecule has 0 aliphatic carbocycles. The Bertz CT molecular complexity index is 1370. The van der Waals surface area contributed by atoms with E-state index in [2.05, 4.69) is 31.1 Å². The molecule has 0 aliphatic rings. The lowest BCUT2D eigenvalue weighted by Crippen LogP contribution is -2.23. The van der Waals surface area contributed by atoms with Crippen LogP contribution in [0.15, 0.2) is 96.4 Å². The molecule has 1 aromatic heterocycles. The highest BCUT2D eigenvalue weighted by Gasteiger charge is 2.23. The molecule has 0 fully saturated rings. The van der Waals surface area contributed by atoms with Crippen molar-refractivity contribution in [1.29, 1.82) is 5.41 Å². The second kappa shape index (κ2) is 13.0. The van der Waals surface area contributed by atoms with Crippen molar-refractivity contribution >= 4 is 17.2 Å². The second-order valence-corrected chi connectivity index (χ2v) is 8.33. The van der Waals surface area contributed by atoms with Crippen LogP contribution in [0.2, 0.25) is 0 Å². The standard InChI is InChI=1S/C26H25N5O2.C4H10/c1-4-29-25-24(18(2)27)30(26(32)31(25)21-12-10-19(28-3)11-13-21)20-14-16-23(17-15-20)33-22-8-6-5-7-9-22;1-3-4-2/h4-17,27-29H,1H2,2-3H3;3-4H2,1-2H3. The molecule has 7 nitrogen and oxygen atoms in total. The maximum absolute atomic E-state index is 13.6. The van der Waals surface area contributed by atoms with Crippen LogP contribution in [-0.4, -0.2) is 21.9 Å². The average Bonchev–Trinajstić information content (AvgIpc) is 3.22. The first-order valence-corrected chi connectivity index (χ1v) is 12.4. The Morgan fingerprint density at radius 2 is 1.43 bits per heavy atom. The topological polar surface area (TPSA) is 84.1 Å². The van der Waals surface area contributed by atoms with Gasteiger partial charge in [-0.3, -0.25) is 4.57 Å². The largest absolute Gasteiger partial charge is 0.457 e. The van der Waals surface area contributed by atoms with Gasteiger partial charge in [-0.25, -0.2) is 9.36 Å². The van der Waals surface area contributed by atoms with Crippen molar-refractivity contribution in [3.05, 3.63) is 108 Å². The molecule has 0 saturated heterocycles. The number of ether oxygens (including phenoxy) is 1. The quantitative estimate of drug-likeness (QED) is 0.213. The third kappa shape index (κ3) is 6.38. The molecule has 0 spiro atoms. The summed E-state index contributed by atoms with van der Waals surface area (Å²) in [5.74, 6) is 1.86. The van der Waals surface area contributed by atoms with E-state index in [-0.39, 0.29) is 11.4 Å². The minimum atomic E-state index is -0.296. The van der Waals surface area contributed by atoms with Gasteiger partial charge in [0.05, 0.1) is 17.1 Å². The minimum Gasteiger partial charge on any atom is -0.457 e. The molecule has 0 radical (unpaired) electrons. The van der Waals surface area contributed by atoms with Gasteiger partial charge in [0.15, 0.2) is 0 Å². The van der Waals surface area contributed by atoms with E-state index < -0.39 is 0 Å². The van der Waals surface area contributed by atoms with Crippen LogP contribution < -0.4 is 21.1 Å². The van der Waals surface area contributed by atoms with Gasteiger partial charge in [0, 0.05) is 12.7 Å². The lowest BCUT2D eigenvalue weighted by Gasteiger charge is -2.10. The fourth-order valence-electron chi connectivity index (χ4n) is 3.62. The Labute approximate surface area is 218 Å². The van der Waals surface area contributed by atoms with Crippen molar-refractivity contribution in [2.75, 3.05) is 17.7 Å². The lowest BCUT2D eigenvalue weighted by atomic mass is 10.2. The molecule has 192 valence electrons. The maximum atomic E-state index is 13.6. The number of rotatable bonds is 9. The molecule has 7 heteroatoms. The van der Waals surface area contributed by atoms with Crippen LogP contribution >= 0.6 is 0 Å². The van der Waals surface area contributed by atoms with Gasteiger partial charge in [-0.2, -0.15) is 0 Å². The zero-order valence-electron chi connectivity index (χ0n) is 21.9. The molecule has 0 aliphatic heterocycles. The Kier molecular flexibility index (Phi) is 9.49. The monoisotopic (exact) mass is 497 g/mol. The number of anilines is 2.